The first-order valence-electron chi connectivity index (χ1n) is 7.93. The maximum atomic E-state index is 12.2. The van der Waals surface area contributed by atoms with Gasteiger partial charge < -0.3 is 10.1 Å². The molecule has 2 N–H and O–H groups in total. The summed E-state index contributed by atoms with van der Waals surface area (Å²) in [6, 6.07) is 12.6. The Hall–Kier alpha value is -2.38. The van der Waals surface area contributed by atoms with E-state index in [-0.39, 0.29) is 16.8 Å². The SMILES string of the molecule is CCC(C)NS(=O)(=O)c1ccc(C(=O)Nc2ccc(OC)cc2)cc1. The lowest BCUT2D eigenvalue weighted by molar-refractivity contribution is 0.102. The van der Waals surface area contributed by atoms with E-state index in [4.69, 9.17) is 4.74 Å². The Bertz CT molecular complexity index is 815. The predicted octanol–water partition coefficient (Wildman–Crippen LogP) is 3.02. The molecule has 0 aliphatic heterocycles. The Morgan fingerprint density at radius 1 is 1.08 bits per heavy atom. The first kappa shape index (κ1) is 19.0. The van der Waals surface area contributed by atoms with E-state index in [9.17, 15) is 13.2 Å². The monoisotopic (exact) mass is 362 g/mol. The first-order chi connectivity index (χ1) is 11.9. The zero-order valence-corrected chi connectivity index (χ0v) is 15.3. The van der Waals surface area contributed by atoms with Gasteiger partial charge in [-0.1, -0.05) is 6.92 Å². The number of carbonyl (C=O) groups is 1. The number of rotatable bonds is 7. The van der Waals surface area contributed by atoms with Crippen molar-refractivity contribution in [2.45, 2.75) is 31.2 Å². The smallest absolute Gasteiger partial charge is 0.255 e. The summed E-state index contributed by atoms with van der Waals surface area (Å²) in [5.41, 5.74) is 0.999. The largest absolute Gasteiger partial charge is 0.497 e. The van der Waals surface area contributed by atoms with E-state index in [0.29, 0.717) is 23.4 Å². The highest BCUT2D eigenvalue weighted by atomic mass is 32.2. The Morgan fingerprint density at radius 3 is 2.20 bits per heavy atom. The second kappa shape index (κ2) is 8.13. The van der Waals surface area contributed by atoms with Crippen molar-refractivity contribution in [3.05, 3.63) is 54.1 Å². The molecule has 6 nitrogen and oxygen atoms in total. The summed E-state index contributed by atoms with van der Waals surface area (Å²) in [5.74, 6) is 0.380. The minimum absolute atomic E-state index is 0.133. The maximum Gasteiger partial charge on any atom is 0.255 e. The van der Waals surface area contributed by atoms with Gasteiger partial charge in [0, 0.05) is 17.3 Å². The Labute approximate surface area is 148 Å². The van der Waals surface area contributed by atoms with E-state index in [1.165, 1.54) is 24.3 Å². The number of hydrogen-bond donors (Lipinski definition) is 2. The molecule has 7 heteroatoms. The van der Waals surface area contributed by atoms with Gasteiger partial charge in [-0.3, -0.25) is 4.79 Å². The molecule has 1 unspecified atom stereocenters. The van der Waals surface area contributed by atoms with Crippen molar-refractivity contribution in [3.8, 4) is 5.75 Å². The van der Waals surface area contributed by atoms with Crippen LogP contribution in [0.1, 0.15) is 30.6 Å². The van der Waals surface area contributed by atoms with E-state index < -0.39 is 10.0 Å². The third-order valence-corrected chi connectivity index (χ3v) is 5.35. The number of amides is 1. The lowest BCUT2D eigenvalue weighted by Gasteiger charge is -2.12. The molecule has 0 radical (unpaired) electrons. The van der Waals surface area contributed by atoms with Gasteiger partial charge in [-0.25, -0.2) is 13.1 Å². The third-order valence-electron chi connectivity index (χ3n) is 3.74. The van der Waals surface area contributed by atoms with Crippen LogP contribution >= 0.6 is 0 Å². The van der Waals surface area contributed by atoms with Crippen LogP contribution in [0.2, 0.25) is 0 Å². The van der Waals surface area contributed by atoms with Gasteiger partial charge in [-0.2, -0.15) is 0 Å². The molecule has 0 heterocycles. The number of hydrogen-bond acceptors (Lipinski definition) is 4. The van der Waals surface area contributed by atoms with Gasteiger partial charge in [0.05, 0.1) is 12.0 Å². The molecule has 0 aromatic heterocycles. The first-order valence-corrected chi connectivity index (χ1v) is 9.42. The number of carbonyl (C=O) groups excluding carboxylic acids is 1. The normalized spacial score (nSPS) is 12.4. The van der Waals surface area contributed by atoms with E-state index in [1.807, 2.05) is 6.92 Å². The summed E-state index contributed by atoms with van der Waals surface area (Å²) in [5, 5.41) is 2.75. The van der Waals surface area contributed by atoms with Gasteiger partial charge >= 0.3 is 0 Å². The van der Waals surface area contributed by atoms with Crippen molar-refractivity contribution in [1.82, 2.24) is 4.72 Å². The average molecular weight is 362 g/mol. The molecule has 25 heavy (non-hydrogen) atoms. The lowest BCUT2D eigenvalue weighted by atomic mass is 10.2. The highest BCUT2D eigenvalue weighted by Gasteiger charge is 2.17. The predicted molar refractivity (Wildman–Crippen MR) is 97.5 cm³/mol. The van der Waals surface area contributed by atoms with Crippen LogP contribution in [0.25, 0.3) is 0 Å². The summed E-state index contributed by atoms with van der Waals surface area (Å²) in [4.78, 5) is 12.4. The van der Waals surface area contributed by atoms with Crippen molar-refractivity contribution in [2.24, 2.45) is 0 Å². The number of sulfonamides is 1. The van der Waals surface area contributed by atoms with Gasteiger partial charge in [0.1, 0.15) is 5.75 Å². The highest BCUT2D eigenvalue weighted by molar-refractivity contribution is 7.89. The van der Waals surface area contributed by atoms with Crippen molar-refractivity contribution in [1.29, 1.82) is 0 Å². The molecule has 0 saturated carbocycles. The van der Waals surface area contributed by atoms with Crippen LogP contribution in [0.15, 0.2) is 53.4 Å². The van der Waals surface area contributed by atoms with E-state index in [2.05, 4.69) is 10.0 Å². The summed E-state index contributed by atoms with van der Waals surface area (Å²) < 4.78 is 32.1. The molecule has 2 rings (SSSR count). The van der Waals surface area contributed by atoms with Crippen molar-refractivity contribution >= 4 is 21.6 Å². The van der Waals surface area contributed by atoms with Gasteiger partial charge in [-0.15, -0.1) is 0 Å². The molecule has 0 saturated heterocycles. The van der Waals surface area contributed by atoms with Gasteiger partial charge in [0.2, 0.25) is 10.0 Å². The van der Waals surface area contributed by atoms with E-state index >= 15 is 0 Å². The molecule has 2 aromatic carbocycles. The molecular formula is C18H22N2O4S. The number of ether oxygens (including phenoxy) is 1. The summed E-state index contributed by atoms with van der Waals surface area (Å²) >= 11 is 0. The highest BCUT2D eigenvalue weighted by Crippen LogP contribution is 2.17. The maximum absolute atomic E-state index is 12.2. The number of methoxy groups -OCH3 is 1. The summed E-state index contributed by atoms with van der Waals surface area (Å²) in [7, 11) is -2.01. The second-order valence-corrected chi connectivity index (χ2v) is 7.35. The number of anilines is 1. The van der Waals surface area contributed by atoms with Crippen LogP contribution < -0.4 is 14.8 Å². The zero-order valence-electron chi connectivity index (χ0n) is 14.4. The topological polar surface area (TPSA) is 84.5 Å². The molecule has 134 valence electrons. The quantitative estimate of drug-likeness (QED) is 0.793. The average Bonchev–Trinajstić information content (AvgIpc) is 2.62. The van der Waals surface area contributed by atoms with Crippen molar-refractivity contribution < 1.29 is 17.9 Å². The Kier molecular flexibility index (Phi) is 6.17. The minimum Gasteiger partial charge on any atom is -0.497 e. The molecule has 1 amide bonds. The third kappa shape index (κ3) is 5.04. The molecule has 1 atom stereocenters. The Morgan fingerprint density at radius 2 is 1.68 bits per heavy atom. The number of benzene rings is 2. The van der Waals surface area contributed by atoms with Crippen LogP contribution in [0, 0.1) is 0 Å². The fourth-order valence-electron chi connectivity index (χ4n) is 2.08. The van der Waals surface area contributed by atoms with Crippen molar-refractivity contribution in [3.63, 3.8) is 0 Å². The minimum atomic E-state index is -3.58. The van der Waals surface area contributed by atoms with Crippen molar-refractivity contribution in [2.75, 3.05) is 12.4 Å². The fourth-order valence-corrected chi connectivity index (χ4v) is 3.41. The molecular weight excluding hydrogens is 340 g/mol. The molecule has 2 aromatic rings. The van der Waals surface area contributed by atoms with Crippen LogP contribution in [-0.2, 0) is 10.0 Å². The molecule has 0 aliphatic rings. The zero-order chi connectivity index (χ0) is 18.4. The van der Waals surface area contributed by atoms with E-state index in [0.717, 1.165) is 0 Å². The molecule has 0 spiro atoms. The molecule has 0 bridgehead atoms. The summed E-state index contributed by atoms with van der Waals surface area (Å²) in [6.07, 6.45) is 0.696. The molecule has 0 fully saturated rings. The second-order valence-electron chi connectivity index (χ2n) is 5.64. The van der Waals surface area contributed by atoms with Gasteiger partial charge in [0.15, 0.2) is 0 Å². The van der Waals surface area contributed by atoms with E-state index in [1.54, 1.807) is 38.3 Å². The van der Waals surface area contributed by atoms with Crippen LogP contribution in [0.5, 0.6) is 5.75 Å². The summed E-state index contributed by atoms with van der Waals surface area (Å²) in [6.45, 7) is 3.70. The lowest BCUT2D eigenvalue weighted by Crippen LogP contribution is -2.32. The fraction of sp³-hybridized carbons (Fsp3) is 0.278. The van der Waals surface area contributed by atoms with Gasteiger partial charge in [-0.05, 0) is 61.9 Å². The molecule has 0 aliphatic carbocycles. The number of nitrogens with one attached hydrogen (secondary N) is 2. The van der Waals surface area contributed by atoms with Crippen LogP contribution in [0.4, 0.5) is 5.69 Å². The van der Waals surface area contributed by atoms with Crippen LogP contribution in [-0.4, -0.2) is 27.5 Å². The standard InChI is InChI=1S/C18H22N2O4S/c1-4-13(2)20-25(22,23)17-11-5-14(6-12-17)18(21)19-15-7-9-16(24-3)10-8-15/h5-13,20H,4H2,1-3H3,(H,19,21). The Balaban J connectivity index is 2.09. The van der Waals surface area contributed by atoms with Crippen LogP contribution in [0.3, 0.4) is 0 Å². The van der Waals surface area contributed by atoms with Gasteiger partial charge in [0.25, 0.3) is 5.91 Å².